The molecule has 0 unspecified atom stereocenters. The van der Waals surface area contributed by atoms with Crippen LogP contribution in [-0.4, -0.2) is 11.5 Å². The molecule has 1 aromatic heterocycles. The monoisotopic (exact) mass is 212 g/mol. The highest BCUT2D eigenvalue weighted by atomic mass is 32.2. The van der Waals surface area contributed by atoms with Gasteiger partial charge in [0.25, 0.3) is 0 Å². The molecule has 0 amide bonds. The van der Waals surface area contributed by atoms with Gasteiger partial charge in [-0.2, -0.15) is 0 Å². The van der Waals surface area contributed by atoms with E-state index in [2.05, 4.69) is 0 Å². The average molecular weight is 212 g/mol. The fourth-order valence-electron chi connectivity index (χ4n) is 1.15. The predicted molar refractivity (Wildman–Crippen MR) is 58.7 cm³/mol. The molecule has 78 valence electrons. The van der Waals surface area contributed by atoms with Crippen LogP contribution >= 0.6 is 11.8 Å². The molecule has 0 aromatic carbocycles. The Hall–Kier alpha value is -0.700. The highest BCUT2D eigenvalue weighted by molar-refractivity contribution is 7.99. The zero-order chi connectivity index (χ0) is 10.4. The molecule has 0 N–H and O–H groups in total. The number of carbonyl (C=O) groups excluding carboxylic acids is 1. The molecule has 0 aliphatic rings. The second kappa shape index (κ2) is 5.91. The van der Waals surface area contributed by atoms with E-state index < -0.39 is 0 Å². The summed E-state index contributed by atoms with van der Waals surface area (Å²) in [5.74, 6) is 2.32. The first-order chi connectivity index (χ1) is 6.74. The lowest BCUT2D eigenvalue weighted by atomic mass is 10.2. The summed E-state index contributed by atoms with van der Waals surface area (Å²) in [4.78, 5) is 12.2. The molecule has 1 heterocycles. The molecule has 3 heteroatoms. The van der Waals surface area contributed by atoms with Crippen molar-refractivity contribution in [3.63, 3.8) is 0 Å². The lowest BCUT2D eigenvalue weighted by Crippen LogP contribution is -1.95. The highest BCUT2D eigenvalue weighted by Gasteiger charge is 2.02. The summed E-state index contributed by atoms with van der Waals surface area (Å²) < 4.78 is 5.18. The summed E-state index contributed by atoms with van der Waals surface area (Å²) in [6.07, 6.45) is 4.03. The number of rotatable bonds is 6. The number of hydrogen-bond donors (Lipinski definition) is 0. The Kier molecular flexibility index (Phi) is 4.80. The van der Waals surface area contributed by atoms with E-state index in [1.165, 1.54) is 4.90 Å². The van der Waals surface area contributed by atoms with Crippen LogP contribution in [0.5, 0.6) is 0 Å². The Bertz CT molecular complexity index is 291. The largest absolute Gasteiger partial charge is 0.468 e. The van der Waals surface area contributed by atoms with Gasteiger partial charge in [-0.1, -0.05) is 6.92 Å². The standard InChI is InChI=1S/C11H16O2S/c1-3-10(12)5-4-8-14-11-6-7-13-9(11)2/h6-7H,3-5,8H2,1-2H3. The van der Waals surface area contributed by atoms with Crippen molar-refractivity contribution < 1.29 is 9.21 Å². The normalized spacial score (nSPS) is 10.4. The van der Waals surface area contributed by atoms with Gasteiger partial charge in [0.15, 0.2) is 0 Å². The topological polar surface area (TPSA) is 30.2 Å². The summed E-state index contributed by atoms with van der Waals surface area (Å²) >= 11 is 1.76. The predicted octanol–water partition coefficient (Wildman–Crippen LogP) is 3.44. The Morgan fingerprint density at radius 3 is 2.93 bits per heavy atom. The van der Waals surface area contributed by atoms with Gasteiger partial charge in [-0.3, -0.25) is 4.79 Å². The van der Waals surface area contributed by atoms with Crippen LogP contribution in [0.2, 0.25) is 0 Å². The molecule has 0 radical (unpaired) electrons. The molecule has 2 nitrogen and oxygen atoms in total. The molecule has 0 saturated carbocycles. The van der Waals surface area contributed by atoms with E-state index in [0.717, 1.165) is 17.9 Å². The van der Waals surface area contributed by atoms with Crippen molar-refractivity contribution in [1.29, 1.82) is 0 Å². The molecule has 0 atom stereocenters. The number of ketones is 1. The van der Waals surface area contributed by atoms with Crippen LogP contribution < -0.4 is 0 Å². The zero-order valence-electron chi connectivity index (χ0n) is 8.71. The molecule has 14 heavy (non-hydrogen) atoms. The highest BCUT2D eigenvalue weighted by Crippen LogP contribution is 2.23. The molecule has 0 bridgehead atoms. The summed E-state index contributed by atoms with van der Waals surface area (Å²) in [5.41, 5.74) is 0. The van der Waals surface area contributed by atoms with E-state index in [1.54, 1.807) is 18.0 Å². The molecular weight excluding hydrogens is 196 g/mol. The van der Waals surface area contributed by atoms with E-state index in [1.807, 2.05) is 19.9 Å². The number of Topliss-reactive ketones (excluding diaryl/α,β-unsaturated/α-hetero) is 1. The number of carbonyl (C=O) groups is 1. The third-order valence-corrected chi connectivity index (χ3v) is 3.29. The molecular formula is C11H16O2S. The minimum Gasteiger partial charge on any atom is -0.468 e. The van der Waals surface area contributed by atoms with Gasteiger partial charge in [0, 0.05) is 17.7 Å². The Morgan fingerprint density at radius 2 is 2.36 bits per heavy atom. The number of hydrogen-bond acceptors (Lipinski definition) is 3. The minimum absolute atomic E-state index is 0.356. The van der Waals surface area contributed by atoms with Gasteiger partial charge in [0.2, 0.25) is 0 Å². The van der Waals surface area contributed by atoms with Crippen LogP contribution in [0.4, 0.5) is 0 Å². The minimum atomic E-state index is 0.356. The van der Waals surface area contributed by atoms with E-state index in [9.17, 15) is 4.79 Å². The number of thioether (sulfide) groups is 1. The molecule has 0 saturated heterocycles. The van der Waals surface area contributed by atoms with Gasteiger partial charge in [0.1, 0.15) is 11.5 Å². The quantitative estimate of drug-likeness (QED) is 0.534. The van der Waals surface area contributed by atoms with E-state index in [-0.39, 0.29) is 0 Å². The van der Waals surface area contributed by atoms with Crippen molar-refractivity contribution in [2.24, 2.45) is 0 Å². The fraction of sp³-hybridized carbons (Fsp3) is 0.545. The molecule has 0 aliphatic carbocycles. The smallest absolute Gasteiger partial charge is 0.132 e. The van der Waals surface area contributed by atoms with Crippen LogP contribution in [0, 0.1) is 6.92 Å². The Balaban J connectivity index is 2.16. The van der Waals surface area contributed by atoms with Crippen LogP contribution in [-0.2, 0) is 4.79 Å². The van der Waals surface area contributed by atoms with Gasteiger partial charge in [-0.05, 0) is 25.2 Å². The van der Waals surface area contributed by atoms with Crippen LogP contribution in [0.25, 0.3) is 0 Å². The number of furan rings is 1. The van der Waals surface area contributed by atoms with Crippen LogP contribution in [0.1, 0.15) is 31.9 Å². The van der Waals surface area contributed by atoms with Gasteiger partial charge in [0.05, 0.1) is 6.26 Å². The lowest BCUT2D eigenvalue weighted by molar-refractivity contribution is -0.118. The molecule has 0 fully saturated rings. The van der Waals surface area contributed by atoms with E-state index >= 15 is 0 Å². The van der Waals surface area contributed by atoms with Gasteiger partial charge >= 0.3 is 0 Å². The third-order valence-electron chi connectivity index (χ3n) is 2.06. The van der Waals surface area contributed by atoms with Gasteiger partial charge in [-0.25, -0.2) is 0 Å². The Morgan fingerprint density at radius 1 is 1.57 bits per heavy atom. The summed E-state index contributed by atoms with van der Waals surface area (Å²) in [7, 11) is 0. The Labute approximate surface area is 89.1 Å². The van der Waals surface area contributed by atoms with Crippen molar-refractivity contribution in [3.8, 4) is 0 Å². The molecule has 1 aromatic rings. The second-order valence-electron chi connectivity index (χ2n) is 3.19. The first kappa shape index (κ1) is 11.4. The third kappa shape index (κ3) is 3.58. The maximum atomic E-state index is 11.0. The maximum absolute atomic E-state index is 11.0. The number of aryl methyl sites for hydroxylation is 1. The van der Waals surface area contributed by atoms with Crippen LogP contribution in [0.3, 0.4) is 0 Å². The average Bonchev–Trinajstić information content (AvgIpc) is 2.58. The van der Waals surface area contributed by atoms with Crippen molar-refractivity contribution in [3.05, 3.63) is 18.1 Å². The first-order valence-electron chi connectivity index (χ1n) is 4.92. The van der Waals surface area contributed by atoms with Crippen molar-refractivity contribution >= 4 is 17.5 Å². The summed E-state index contributed by atoms with van der Waals surface area (Å²) in [5, 5.41) is 0. The summed E-state index contributed by atoms with van der Waals surface area (Å²) in [6.45, 7) is 3.87. The van der Waals surface area contributed by atoms with Crippen molar-refractivity contribution in [2.75, 3.05) is 5.75 Å². The fourth-order valence-corrected chi connectivity index (χ4v) is 2.06. The first-order valence-corrected chi connectivity index (χ1v) is 5.91. The molecule has 0 aliphatic heterocycles. The maximum Gasteiger partial charge on any atom is 0.132 e. The second-order valence-corrected chi connectivity index (χ2v) is 4.32. The lowest BCUT2D eigenvalue weighted by Gasteiger charge is -1.98. The molecule has 0 spiro atoms. The van der Waals surface area contributed by atoms with Gasteiger partial charge < -0.3 is 4.42 Å². The van der Waals surface area contributed by atoms with E-state index in [4.69, 9.17) is 4.42 Å². The van der Waals surface area contributed by atoms with E-state index in [0.29, 0.717) is 18.6 Å². The summed E-state index contributed by atoms with van der Waals surface area (Å²) in [6, 6.07) is 1.97. The van der Waals surface area contributed by atoms with Crippen molar-refractivity contribution in [1.82, 2.24) is 0 Å². The zero-order valence-corrected chi connectivity index (χ0v) is 9.52. The van der Waals surface area contributed by atoms with Crippen molar-refractivity contribution in [2.45, 2.75) is 38.0 Å². The van der Waals surface area contributed by atoms with Gasteiger partial charge in [-0.15, -0.1) is 11.8 Å². The van der Waals surface area contributed by atoms with Crippen LogP contribution in [0.15, 0.2) is 21.6 Å². The molecule has 1 rings (SSSR count). The SMILES string of the molecule is CCC(=O)CCCSc1ccoc1C.